The molecule has 0 atom stereocenters. The molecule has 0 unspecified atom stereocenters. The maximum atomic E-state index is 11.2. The summed E-state index contributed by atoms with van der Waals surface area (Å²) in [5.74, 6) is -0.734. The number of Topliss-reactive ketones (excluding diaryl/α,β-unsaturated/α-hetero) is 1. The van der Waals surface area contributed by atoms with Crippen molar-refractivity contribution >= 4 is 17.4 Å². The summed E-state index contributed by atoms with van der Waals surface area (Å²) in [5, 5.41) is 12.3. The van der Waals surface area contributed by atoms with Crippen LogP contribution in [0.5, 0.6) is 0 Å². The van der Waals surface area contributed by atoms with E-state index < -0.39 is 5.97 Å². The average Bonchev–Trinajstić information content (AvgIpc) is 2.61. The summed E-state index contributed by atoms with van der Waals surface area (Å²) in [6, 6.07) is 15.4. The highest BCUT2D eigenvalue weighted by Gasteiger charge is 2.08. The number of hydrogen-bond acceptors (Lipinski definition) is 3. The van der Waals surface area contributed by atoms with E-state index in [0.717, 1.165) is 43.4 Å². The number of anilines is 1. The van der Waals surface area contributed by atoms with E-state index in [9.17, 15) is 14.7 Å². The number of unbranched alkanes of at least 4 members (excludes halogenated alkanes) is 2. The maximum absolute atomic E-state index is 11.2. The number of nitrogens with one attached hydrogen (secondary N) is 1. The molecule has 4 heteroatoms. The van der Waals surface area contributed by atoms with Gasteiger partial charge in [0.2, 0.25) is 0 Å². The lowest BCUT2D eigenvalue weighted by atomic mass is 10.00. The zero-order valence-electron chi connectivity index (χ0n) is 14.6. The molecule has 0 saturated carbocycles. The van der Waals surface area contributed by atoms with Crippen LogP contribution in [0.25, 0.3) is 0 Å². The van der Waals surface area contributed by atoms with Gasteiger partial charge in [0.15, 0.2) is 0 Å². The molecule has 0 aliphatic carbocycles. The third-order valence-electron chi connectivity index (χ3n) is 4.15. The van der Waals surface area contributed by atoms with Crippen LogP contribution in [0.15, 0.2) is 48.5 Å². The Morgan fingerprint density at radius 2 is 1.60 bits per heavy atom. The molecule has 132 valence electrons. The Bertz CT molecular complexity index is 707. The van der Waals surface area contributed by atoms with Gasteiger partial charge < -0.3 is 10.4 Å². The highest BCUT2D eigenvalue weighted by atomic mass is 16.4. The molecule has 0 aromatic heterocycles. The molecule has 2 aromatic rings. The Morgan fingerprint density at radius 1 is 0.920 bits per heavy atom. The number of carbonyl (C=O) groups is 2. The van der Waals surface area contributed by atoms with E-state index in [2.05, 4.69) is 17.4 Å². The summed E-state index contributed by atoms with van der Waals surface area (Å²) >= 11 is 0. The van der Waals surface area contributed by atoms with E-state index in [-0.39, 0.29) is 5.78 Å². The monoisotopic (exact) mass is 339 g/mol. The molecule has 0 bridgehead atoms. The van der Waals surface area contributed by atoms with E-state index in [1.807, 2.05) is 24.3 Å². The molecule has 0 fully saturated rings. The first-order valence-corrected chi connectivity index (χ1v) is 8.69. The Hall–Kier alpha value is -2.62. The molecule has 2 rings (SSSR count). The number of rotatable bonds is 10. The molecule has 0 aliphatic heterocycles. The van der Waals surface area contributed by atoms with E-state index in [1.54, 1.807) is 19.1 Å². The predicted molar refractivity (Wildman–Crippen MR) is 100 cm³/mol. The Balaban J connectivity index is 1.71. The fourth-order valence-electron chi connectivity index (χ4n) is 2.78. The minimum Gasteiger partial charge on any atom is -0.478 e. The first kappa shape index (κ1) is 18.7. The van der Waals surface area contributed by atoms with Gasteiger partial charge in [0, 0.05) is 5.69 Å². The molecule has 0 aliphatic rings. The number of ketones is 1. The summed E-state index contributed by atoms with van der Waals surface area (Å²) < 4.78 is 0. The molecular formula is C21H25NO3. The highest BCUT2D eigenvalue weighted by Crippen LogP contribution is 2.15. The van der Waals surface area contributed by atoms with E-state index in [0.29, 0.717) is 12.1 Å². The zero-order valence-corrected chi connectivity index (χ0v) is 14.6. The molecular weight excluding hydrogens is 314 g/mol. The van der Waals surface area contributed by atoms with Gasteiger partial charge in [-0.3, -0.25) is 4.79 Å². The lowest BCUT2D eigenvalue weighted by Crippen LogP contribution is -2.09. The largest absolute Gasteiger partial charge is 0.478 e. The van der Waals surface area contributed by atoms with Crippen LogP contribution < -0.4 is 5.32 Å². The van der Waals surface area contributed by atoms with Crippen molar-refractivity contribution in [3.8, 4) is 0 Å². The second kappa shape index (κ2) is 9.62. The van der Waals surface area contributed by atoms with Crippen molar-refractivity contribution in [1.82, 2.24) is 0 Å². The van der Waals surface area contributed by atoms with E-state index in [1.165, 1.54) is 5.56 Å². The summed E-state index contributed by atoms with van der Waals surface area (Å²) in [4.78, 5) is 22.1. The van der Waals surface area contributed by atoms with E-state index in [4.69, 9.17) is 0 Å². The van der Waals surface area contributed by atoms with Crippen molar-refractivity contribution in [2.75, 3.05) is 11.9 Å². The first-order chi connectivity index (χ1) is 12.1. The minimum absolute atomic E-state index is 0.119. The fourth-order valence-corrected chi connectivity index (χ4v) is 2.78. The van der Waals surface area contributed by atoms with Crippen LogP contribution in [-0.2, 0) is 17.6 Å². The second-order valence-corrected chi connectivity index (χ2v) is 6.28. The average molecular weight is 339 g/mol. The van der Waals surface area contributed by atoms with Crippen molar-refractivity contribution in [2.45, 2.75) is 39.0 Å². The fraction of sp³-hybridized carbons (Fsp3) is 0.333. The number of aryl methyl sites for hydroxylation is 2. The normalized spacial score (nSPS) is 10.4. The SMILES string of the molecule is CC(=O)CNc1ccc(CCCCCc2ccccc2C(=O)O)cc1. The van der Waals surface area contributed by atoms with Gasteiger partial charge in [-0.25, -0.2) is 4.79 Å². The molecule has 0 spiro atoms. The lowest BCUT2D eigenvalue weighted by molar-refractivity contribution is -0.115. The maximum Gasteiger partial charge on any atom is 0.335 e. The van der Waals surface area contributed by atoms with Crippen LogP contribution in [0.3, 0.4) is 0 Å². The summed E-state index contributed by atoms with van der Waals surface area (Å²) in [6.07, 6.45) is 4.94. The predicted octanol–water partition coefficient (Wildman–Crippen LogP) is 4.34. The summed E-state index contributed by atoms with van der Waals surface area (Å²) in [5.41, 5.74) is 3.57. The Labute approximate surface area is 148 Å². The van der Waals surface area contributed by atoms with Crippen molar-refractivity contribution in [1.29, 1.82) is 0 Å². The van der Waals surface area contributed by atoms with Gasteiger partial charge in [-0.15, -0.1) is 0 Å². The highest BCUT2D eigenvalue weighted by molar-refractivity contribution is 5.89. The topological polar surface area (TPSA) is 66.4 Å². The molecule has 2 aromatic carbocycles. The van der Waals surface area contributed by atoms with Crippen LogP contribution in [-0.4, -0.2) is 23.4 Å². The van der Waals surface area contributed by atoms with Crippen LogP contribution >= 0.6 is 0 Å². The number of benzene rings is 2. The van der Waals surface area contributed by atoms with Crippen molar-refractivity contribution in [3.63, 3.8) is 0 Å². The lowest BCUT2D eigenvalue weighted by Gasteiger charge is -2.07. The van der Waals surface area contributed by atoms with Crippen molar-refractivity contribution in [2.24, 2.45) is 0 Å². The third-order valence-corrected chi connectivity index (χ3v) is 4.15. The van der Waals surface area contributed by atoms with Gasteiger partial charge in [0.25, 0.3) is 0 Å². The summed E-state index contributed by atoms with van der Waals surface area (Å²) in [7, 11) is 0. The van der Waals surface area contributed by atoms with Gasteiger partial charge in [-0.2, -0.15) is 0 Å². The number of carboxylic acids is 1. The van der Waals surface area contributed by atoms with Crippen molar-refractivity contribution in [3.05, 3.63) is 65.2 Å². The summed E-state index contributed by atoms with van der Waals surface area (Å²) in [6.45, 7) is 1.92. The van der Waals surface area contributed by atoms with Gasteiger partial charge in [0.1, 0.15) is 5.78 Å². The molecule has 0 amide bonds. The quantitative estimate of drug-likeness (QED) is 0.632. The Morgan fingerprint density at radius 3 is 2.28 bits per heavy atom. The van der Waals surface area contributed by atoms with Crippen LogP contribution in [0.2, 0.25) is 0 Å². The molecule has 4 nitrogen and oxygen atoms in total. The minimum atomic E-state index is -0.853. The number of carboxylic acid groups (broad SMARTS) is 1. The number of aromatic carboxylic acids is 1. The van der Waals surface area contributed by atoms with Crippen molar-refractivity contribution < 1.29 is 14.7 Å². The molecule has 0 radical (unpaired) electrons. The van der Waals surface area contributed by atoms with Crippen LogP contribution in [0, 0.1) is 0 Å². The third kappa shape index (κ3) is 6.42. The smallest absolute Gasteiger partial charge is 0.335 e. The standard InChI is InChI=1S/C21H25NO3/c1-16(23)15-22-19-13-11-17(12-14-19)7-3-2-4-8-18-9-5-6-10-20(18)21(24)25/h5-6,9-14,22H,2-4,7-8,15H2,1H3,(H,24,25). The van der Waals surface area contributed by atoms with E-state index >= 15 is 0 Å². The Kier molecular flexibility index (Phi) is 7.20. The number of hydrogen-bond donors (Lipinski definition) is 2. The zero-order chi connectivity index (χ0) is 18.1. The van der Waals surface area contributed by atoms with Gasteiger partial charge >= 0.3 is 5.97 Å². The molecule has 25 heavy (non-hydrogen) atoms. The van der Waals surface area contributed by atoms with Crippen LogP contribution in [0.4, 0.5) is 5.69 Å². The van der Waals surface area contributed by atoms with Crippen LogP contribution in [0.1, 0.15) is 47.7 Å². The van der Waals surface area contributed by atoms with Gasteiger partial charge in [-0.05, 0) is 61.9 Å². The first-order valence-electron chi connectivity index (χ1n) is 8.69. The molecule has 2 N–H and O–H groups in total. The van der Waals surface area contributed by atoms with Gasteiger partial charge in [0.05, 0.1) is 12.1 Å². The number of carbonyl (C=O) groups excluding carboxylic acids is 1. The molecule has 0 heterocycles. The second-order valence-electron chi connectivity index (χ2n) is 6.28. The molecule has 0 saturated heterocycles. The van der Waals surface area contributed by atoms with Gasteiger partial charge in [-0.1, -0.05) is 36.8 Å².